The second kappa shape index (κ2) is 6.36. The lowest BCUT2D eigenvalue weighted by Gasteiger charge is -2.48. The largest absolute Gasteiger partial charge is 0.453 e. The Bertz CT molecular complexity index is 401. The van der Waals surface area contributed by atoms with Crippen LogP contribution in [0.2, 0.25) is 0 Å². The van der Waals surface area contributed by atoms with Crippen molar-refractivity contribution in [3.8, 4) is 0 Å². The first-order valence-electron chi connectivity index (χ1n) is 8.84. The lowest BCUT2D eigenvalue weighted by molar-refractivity contribution is 0.000526. The van der Waals surface area contributed by atoms with Crippen LogP contribution in [0.3, 0.4) is 0 Å². The number of carbonyl (C=O) groups is 1. The van der Waals surface area contributed by atoms with Gasteiger partial charge in [0.25, 0.3) is 0 Å². The summed E-state index contributed by atoms with van der Waals surface area (Å²) in [7, 11) is 3.73. The zero-order valence-corrected chi connectivity index (χ0v) is 14.4. The Hall–Kier alpha value is -0.810. The molecule has 1 unspecified atom stereocenters. The summed E-state index contributed by atoms with van der Waals surface area (Å²) in [5.74, 6) is 0. The van der Waals surface area contributed by atoms with Crippen LogP contribution < -0.4 is 0 Å². The standard InChI is InChI=1S/C17H31N3O2/c1-4-18(2)14-6-9-19(10-7-14)15-5-8-17(11-15)12-20(13-17)16(21)22-3/h14-15H,4-13H2,1-3H3. The van der Waals surface area contributed by atoms with Crippen LogP contribution in [-0.4, -0.2) is 79.8 Å². The summed E-state index contributed by atoms with van der Waals surface area (Å²) in [6.45, 7) is 7.71. The molecular formula is C17H31N3O2. The van der Waals surface area contributed by atoms with Gasteiger partial charge in [-0.2, -0.15) is 0 Å². The minimum atomic E-state index is -0.155. The molecule has 2 heterocycles. The molecule has 3 fully saturated rings. The van der Waals surface area contributed by atoms with Crippen molar-refractivity contribution in [2.24, 2.45) is 5.41 Å². The zero-order valence-electron chi connectivity index (χ0n) is 14.4. The molecule has 0 aromatic heterocycles. The van der Waals surface area contributed by atoms with Gasteiger partial charge in [-0.1, -0.05) is 6.92 Å². The Kier molecular flexibility index (Phi) is 4.64. The van der Waals surface area contributed by atoms with Gasteiger partial charge in [-0.25, -0.2) is 4.79 Å². The van der Waals surface area contributed by atoms with Crippen LogP contribution in [-0.2, 0) is 4.74 Å². The fourth-order valence-electron chi connectivity index (χ4n) is 4.75. The molecule has 1 atom stereocenters. The number of methoxy groups -OCH3 is 1. The Morgan fingerprint density at radius 2 is 1.95 bits per heavy atom. The SMILES string of the molecule is CCN(C)C1CCN(C2CCC3(C2)CN(C(=O)OC)C3)CC1. The predicted octanol–water partition coefficient (Wildman–Crippen LogP) is 2.02. The van der Waals surface area contributed by atoms with E-state index in [2.05, 4.69) is 23.8 Å². The van der Waals surface area contributed by atoms with Crippen LogP contribution >= 0.6 is 0 Å². The fraction of sp³-hybridized carbons (Fsp3) is 0.941. The van der Waals surface area contributed by atoms with Crippen LogP contribution in [0, 0.1) is 5.41 Å². The molecule has 0 radical (unpaired) electrons. The number of nitrogens with zero attached hydrogens (tertiary/aromatic N) is 3. The van der Waals surface area contributed by atoms with E-state index >= 15 is 0 Å². The third-order valence-corrected chi connectivity index (χ3v) is 6.30. The lowest BCUT2D eigenvalue weighted by Crippen LogP contribution is -2.58. The van der Waals surface area contributed by atoms with Crippen molar-refractivity contribution in [1.82, 2.24) is 14.7 Å². The molecule has 22 heavy (non-hydrogen) atoms. The maximum Gasteiger partial charge on any atom is 0.409 e. The Morgan fingerprint density at radius 3 is 2.55 bits per heavy atom. The van der Waals surface area contributed by atoms with Gasteiger partial charge in [-0.15, -0.1) is 0 Å². The molecule has 1 amide bonds. The van der Waals surface area contributed by atoms with Crippen molar-refractivity contribution in [2.75, 3.05) is 46.9 Å². The molecule has 5 nitrogen and oxygen atoms in total. The summed E-state index contributed by atoms with van der Waals surface area (Å²) in [5.41, 5.74) is 0.399. The highest BCUT2D eigenvalue weighted by Crippen LogP contribution is 2.47. The van der Waals surface area contributed by atoms with Gasteiger partial charge in [0.1, 0.15) is 0 Å². The number of hydrogen-bond donors (Lipinski definition) is 0. The molecule has 3 rings (SSSR count). The third kappa shape index (κ3) is 2.98. The quantitative estimate of drug-likeness (QED) is 0.799. The van der Waals surface area contributed by atoms with Crippen LogP contribution in [0.15, 0.2) is 0 Å². The maximum atomic E-state index is 11.5. The van der Waals surface area contributed by atoms with E-state index in [4.69, 9.17) is 4.74 Å². The first kappa shape index (κ1) is 16.1. The first-order valence-corrected chi connectivity index (χ1v) is 8.84. The van der Waals surface area contributed by atoms with Gasteiger partial charge in [0, 0.05) is 30.6 Å². The molecule has 126 valence electrons. The van der Waals surface area contributed by atoms with Crippen molar-refractivity contribution < 1.29 is 9.53 Å². The van der Waals surface area contributed by atoms with Crippen molar-refractivity contribution in [2.45, 2.75) is 51.1 Å². The normalized spacial score (nSPS) is 29.1. The number of rotatable bonds is 3. The maximum absolute atomic E-state index is 11.5. The Balaban J connectivity index is 1.46. The van der Waals surface area contributed by atoms with E-state index in [1.165, 1.54) is 52.3 Å². The Labute approximate surface area is 134 Å². The van der Waals surface area contributed by atoms with Crippen LogP contribution in [0.1, 0.15) is 39.0 Å². The molecule has 0 bridgehead atoms. The van der Waals surface area contributed by atoms with E-state index in [0.717, 1.165) is 31.7 Å². The molecule has 2 saturated heterocycles. The highest BCUT2D eigenvalue weighted by Gasteiger charge is 2.51. The van der Waals surface area contributed by atoms with Crippen molar-refractivity contribution in [3.63, 3.8) is 0 Å². The minimum Gasteiger partial charge on any atom is -0.453 e. The summed E-state index contributed by atoms with van der Waals surface area (Å²) >= 11 is 0. The highest BCUT2D eigenvalue weighted by atomic mass is 16.5. The average molecular weight is 309 g/mol. The van der Waals surface area contributed by atoms with E-state index < -0.39 is 0 Å². The Morgan fingerprint density at radius 1 is 1.27 bits per heavy atom. The van der Waals surface area contributed by atoms with Gasteiger partial charge >= 0.3 is 6.09 Å². The van der Waals surface area contributed by atoms with Crippen molar-refractivity contribution in [1.29, 1.82) is 0 Å². The van der Waals surface area contributed by atoms with E-state index in [-0.39, 0.29) is 6.09 Å². The van der Waals surface area contributed by atoms with Gasteiger partial charge in [-0.05, 0) is 58.8 Å². The predicted molar refractivity (Wildman–Crippen MR) is 86.9 cm³/mol. The number of amides is 1. The summed E-state index contributed by atoms with van der Waals surface area (Å²) in [6, 6.07) is 1.52. The second-order valence-corrected chi connectivity index (χ2v) is 7.56. The van der Waals surface area contributed by atoms with Crippen LogP contribution in [0.4, 0.5) is 4.79 Å². The molecule has 3 aliphatic rings. The molecule has 0 N–H and O–H groups in total. The molecule has 5 heteroatoms. The van der Waals surface area contributed by atoms with Crippen molar-refractivity contribution >= 4 is 6.09 Å². The third-order valence-electron chi connectivity index (χ3n) is 6.30. The number of carbonyl (C=O) groups excluding carboxylic acids is 1. The topological polar surface area (TPSA) is 36.0 Å². The van der Waals surface area contributed by atoms with E-state index in [9.17, 15) is 4.79 Å². The van der Waals surface area contributed by atoms with Gasteiger partial charge in [0.2, 0.25) is 0 Å². The van der Waals surface area contributed by atoms with Gasteiger partial charge in [-0.3, -0.25) is 0 Å². The van der Waals surface area contributed by atoms with E-state index in [1.807, 2.05) is 4.90 Å². The summed E-state index contributed by atoms with van der Waals surface area (Å²) in [5, 5.41) is 0. The van der Waals surface area contributed by atoms with Crippen LogP contribution in [0.5, 0.6) is 0 Å². The molecule has 1 aliphatic carbocycles. The van der Waals surface area contributed by atoms with Gasteiger partial charge in [0.15, 0.2) is 0 Å². The number of hydrogen-bond acceptors (Lipinski definition) is 4. The van der Waals surface area contributed by atoms with Crippen LogP contribution in [0.25, 0.3) is 0 Å². The fourth-order valence-corrected chi connectivity index (χ4v) is 4.75. The van der Waals surface area contributed by atoms with Crippen molar-refractivity contribution in [3.05, 3.63) is 0 Å². The molecule has 0 aromatic carbocycles. The number of likely N-dealkylation sites (tertiary alicyclic amines) is 2. The summed E-state index contributed by atoms with van der Waals surface area (Å²) in [6.07, 6.45) is 6.32. The average Bonchev–Trinajstić information content (AvgIpc) is 2.97. The number of piperidine rings is 1. The zero-order chi connectivity index (χ0) is 15.7. The second-order valence-electron chi connectivity index (χ2n) is 7.56. The lowest BCUT2D eigenvalue weighted by atomic mass is 9.78. The molecule has 1 spiro atoms. The summed E-state index contributed by atoms with van der Waals surface area (Å²) in [4.78, 5) is 18.6. The molecule has 2 aliphatic heterocycles. The number of ether oxygens (including phenoxy) is 1. The molecular weight excluding hydrogens is 278 g/mol. The highest BCUT2D eigenvalue weighted by molar-refractivity contribution is 5.68. The van der Waals surface area contributed by atoms with E-state index in [0.29, 0.717) is 5.41 Å². The van der Waals surface area contributed by atoms with E-state index in [1.54, 1.807) is 0 Å². The van der Waals surface area contributed by atoms with Gasteiger partial charge in [0.05, 0.1) is 7.11 Å². The van der Waals surface area contributed by atoms with Gasteiger partial charge < -0.3 is 19.4 Å². The smallest absolute Gasteiger partial charge is 0.409 e. The minimum absolute atomic E-state index is 0.155. The summed E-state index contributed by atoms with van der Waals surface area (Å²) < 4.78 is 4.82. The molecule has 1 saturated carbocycles. The first-order chi connectivity index (χ1) is 10.6. The monoisotopic (exact) mass is 309 g/mol. The molecule has 0 aromatic rings.